The highest BCUT2D eigenvalue weighted by atomic mass is 32.2. The molecule has 0 atom stereocenters. The lowest BCUT2D eigenvalue weighted by Crippen LogP contribution is -2.00. The summed E-state index contributed by atoms with van der Waals surface area (Å²) in [6.07, 6.45) is 6.80. The molecule has 0 saturated carbocycles. The summed E-state index contributed by atoms with van der Waals surface area (Å²) in [5.41, 5.74) is 7.73. The number of aromatic nitrogens is 5. The number of nitrogens with zero attached hydrogens (tertiary/aromatic N) is 4. The van der Waals surface area contributed by atoms with Crippen LogP contribution in [0.2, 0.25) is 0 Å². The predicted molar refractivity (Wildman–Crippen MR) is 116 cm³/mol. The summed E-state index contributed by atoms with van der Waals surface area (Å²) in [6, 6.07) is 4.16. The maximum Gasteiger partial charge on any atom is 0.208 e. The molecule has 3 N–H and O–H groups in total. The van der Waals surface area contributed by atoms with Crippen LogP contribution in [-0.2, 0) is 25.0 Å². The number of fused-ring (bicyclic) bond motifs is 3. The zero-order chi connectivity index (χ0) is 18.9. The van der Waals surface area contributed by atoms with Crippen molar-refractivity contribution in [3.8, 4) is 0 Å². The summed E-state index contributed by atoms with van der Waals surface area (Å²) in [4.78, 5) is 17.7. The summed E-state index contributed by atoms with van der Waals surface area (Å²) in [5, 5.41) is 11.2. The summed E-state index contributed by atoms with van der Waals surface area (Å²) in [7, 11) is 0. The lowest BCUT2D eigenvalue weighted by molar-refractivity contribution is 0.713. The standard InChI is InChI=1S/C19H20N6S3/c20-17-16-12-6-2-1-3-7-13(12)28-18(16)22-15(21-17)10-27-19-23-14(24-25-19)9-11-5-4-8-26-11/h4-5,8H,1-3,6-7,9-10H2,(H2,20,21,22)(H,23,24,25). The molecule has 0 spiro atoms. The van der Waals surface area contributed by atoms with Gasteiger partial charge in [0.15, 0.2) is 0 Å². The quantitative estimate of drug-likeness (QED) is 0.356. The van der Waals surface area contributed by atoms with Gasteiger partial charge in [-0.15, -0.1) is 27.8 Å². The highest BCUT2D eigenvalue weighted by molar-refractivity contribution is 7.98. The van der Waals surface area contributed by atoms with E-state index in [1.807, 2.05) is 6.07 Å². The van der Waals surface area contributed by atoms with Crippen LogP contribution in [0.25, 0.3) is 10.2 Å². The Morgan fingerprint density at radius 3 is 2.96 bits per heavy atom. The first-order valence-corrected chi connectivity index (χ1v) is 12.1. The van der Waals surface area contributed by atoms with Crippen molar-refractivity contribution in [2.24, 2.45) is 0 Å². The second-order valence-electron chi connectivity index (χ2n) is 6.88. The number of thiophene rings is 2. The molecule has 0 unspecified atom stereocenters. The molecule has 4 aromatic rings. The Hall–Kier alpha value is -1.97. The van der Waals surface area contributed by atoms with Crippen LogP contribution in [0.1, 0.15) is 46.2 Å². The van der Waals surface area contributed by atoms with E-state index in [-0.39, 0.29) is 0 Å². The molecule has 28 heavy (non-hydrogen) atoms. The molecule has 0 fully saturated rings. The van der Waals surface area contributed by atoms with Gasteiger partial charge in [0.05, 0.1) is 11.1 Å². The average molecular weight is 429 g/mol. The highest BCUT2D eigenvalue weighted by Gasteiger charge is 2.19. The van der Waals surface area contributed by atoms with Crippen molar-refractivity contribution >= 4 is 50.5 Å². The SMILES string of the molecule is Nc1nc(CSc2n[nH]c(Cc3cccs3)n2)nc2sc3c(c12)CCCCC3. The summed E-state index contributed by atoms with van der Waals surface area (Å²) in [6.45, 7) is 0. The fraction of sp³-hybridized carbons (Fsp3) is 0.368. The highest BCUT2D eigenvalue weighted by Crippen LogP contribution is 2.37. The number of nitrogens with two attached hydrogens (primary N) is 1. The number of aromatic amines is 1. The van der Waals surface area contributed by atoms with Gasteiger partial charge in [0.25, 0.3) is 0 Å². The molecule has 1 aliphatic carbocycles. The van der Waals surface area contributed by atoms with E-state index in [9.17, 15) is 0 Å². The van der Waals surface area contributed by atoms with Crippen molar-refractivity contribution in [3.05, 3.63) is 44.5 Å². The average Bonchev–Trinajstić information content (AvgIpc) is 3.39. The number of hydrogen-bond donors (Lipinski definition) is 2. The first-order chi connectivity index (χ1) is 13.8. The molecule has 6 nitrogen and oxygen atoms in total. The number of thioether (sulfide) groups is 1. The molecule has 0 radical (unpaired) electrons. The van der Waals surface area contributed by atoms with Crippen molar-refractivity contribution in [2.45, 2.75) is 49.4 Å². The predicted octanol–water partition coefficient (Wildman–Crippen LogP) is 4.61. The summed E-state index contributed by atoms with van der Waals surface area (Å²) in [5.74, 6) is 2.85. The van der Waals surface area contributed by atoms with Crippen molar-refractivity contribution < 1.29 is 0 Å². The zero-order valence-electron chi connectivity index (χ0n) is 15.3. The molecule has 0 aromatic carbocycles. The first kappa shape index (κ1) is 18.1. The fourth-order valence-electron chi connectivity index (χ4n) is 3.60. The molecule has 144 valence electrons. The summed E-state index contributed by atoms with van der Waals surface area (Å²) < 4.78 is 0. The van der Waals surface area contributed by atoms with Gasteiger partial charge >= 0.3 is 0 Å². The minimum atomic E-state index is 0.610. The third-order valence-corrected chi connectivity index (χ3v) is 7.81. The Morgan fingerprint density at radius 2 is 2.07 bits per heavy atom. The Kier molecular flexibility index (Phi) is 5.04. The minimum Gasteiger partial charge on any atom is -0.383 e. The second kappa shape index (κ2) is 7.81. The molecular formula is C19H20N6S3. The van der Waals surface area contributed by atoms with E-state index in [4.69, 9.17) is 10.7 Å². The van der Waals surface area contributed by atoms with Crippen LogP contribution in [0.15, 0.2) is 22.7 Å². The topological polar surface area (TPSA) is 93.4 Å². The van der Waals surface area contributed by atoms with Gasteiger partial charge in [-0.05, 0) is 42.7 Å². The van der Waals surface area contributed by atoms with E-state index in [1.165, 1.54) is 46.3 Å². The molecule has 4 heterocycles. The molecule has 0 aliphatic heterocycles. The lowest BCUT2D eigenvalue weighted by atomic mass is 10.1. The Balaban J connectivity index is 1.32. The van der Waals surface area contributed by atoms with Crippen LogP contribution in [0.5, 0.6) is 0 Å². The molecule has 9 heteroatoms. The molecule has 0 bridgehead atoms. The number of nitrogens with one attached hydrogen (secondary N) is 1. The fourth-order valence-corrected chi connectivity index (χ4v) is 6.27. The largest absolute Gasteiger partial charge is 0.383 e. The van der Waals surface area contributed by atoms with Crippen molar-refractivity contribution in [2.75, 3.05) is 5.73 Å². The van der Waals surface area contributed by atoms with Crippen LogP contribution < -0.4 is 5.73 Å². The number of rotatable bonds is 5. The molecule has 4 aromatic heterocycles. The maximum absolute atomic E-state index is 6.34. The molecular weight excluding hydrogens is 408 g/mol. The molecule has 1 aliphatic rings. The lowest BCUT2D eigenvalue weighted by Gasteiger charge is -2.03. The number of nitrogen functional groups attached to an aromatic ring is 1. The second-order valence-corrected chi connectivity index (χ2v) is 9.94. The van der Waals surface area contributed by atoms with Gasteiger partial charge in [-0.3, -0.25) is 5.10 Å². The van der Waals surface area contributed by atoms with Crippen molar-refractivity contribution in [1.29, 1.82) is 0 Å². The van der Waals surface area contributed by atoms with Crippen LogP contribution in [-0.4, -0.2) is 25.1 Å². The molecule has 0 saturated heterocycles. The van der Waals surface area contributed by atoms with Gasteiger partial charge in [-0.2, -0.15) is 0 Å². The Bertz CT molecular complexity index is 1100. The number of hydrogen-bond acceptors (Lipinski definition) is 8. The minimum absolute atomic E-state index is 0.610. The van der Waals surface area contributed by atoms with Crippen LogP contribution in [0.3, 0.4) is 0 Å². The van der Waals surface area contributed by atoms with E-state index < -0.39 is 0 Å². The van der Waals surface area contributed by atoms with Gasteiger partial charge < -0.3 is 5.73 Å². The van der Waals surface area contributed by atoms with Gasteiger partial charge in [0.1, 0.15) is 22.3 Å². The third-order valence-electron chi connectivity index (χ3n) is 4.90. The molecule has 5 rings (SSSR count). The van der Waals surface area contributed by atoms with Crippen molar-refractivity contribution in [1.82, 2.24) is 25.1 Å². The third kappa shape index (κ3) is 3.66. The monoisotopic (exact) mass is 428 g/mol. The number of anilines is 1. The smallest absolute Gasteiger partial charge is 0.208 e. The number of H-pyrrole nitrogens is 1. The first-order valence-electron chi connectivity index (χ1n) is 9.39. The van der Waals surface area contributed by atoms with Crippen LogP contribution in [0.4, 0.5) is 5.82 Å². The van der Waals surface area contributed by atoms with Gasteiger partial charge in [-0.1, -0.05) is 24.2 Å². The van der Waals surface area contributed by atoms with Crippen molar-refractivity contribution in [3.63, 3.8) is 0 Å². The number of aryl methyl sites for hydroxylation is 2. The Morgan fingerprint density at radius 1 is 1.14 bits per heavy atom. The van der Waals surface area contributed by atoms with Crippen LogP contribution in [0, 0.1) is 0 Å². The van der Waals surface area contributed by atoms with Gasteiger partial charge in [0, 0.05) is 16.2 Å². The van der Waals surface area contributed by atoms with Gasteiger partial charge in [-0.25, -0.2) is 15.0 Å². The van der Waals surface area contributed by atoms with E-state index in [1.54, 1.807) is 22.7 Å². The van der Waals surface area contributed by atoms with E-state index >= 15 is 0 Å². The summed E-state index contributed by atoms with van der Waals surface area (Å²) >= 11 is 5.05. The Labute approximate surface area is 175 Å². The van der Waals surface area contributed by atoms with E-state index in [0.717, 1.165) is 46.3 Å². The van der Waals surface area contributed by atoms with Gasteiger partial charge in [0.2, 0.25) is 5.16 Å². The van der Waals surface area contributed by atoms with E-state index in [0.29, 0.717) is 11.6 Å². The molecule has 0 amide bonds. The zero-order valence-corrected chi connectivity index (χ0v) is 17.7. The normalized spacial score (nSPS) is 14.3. The maximum atomic E-state index is 6.34. The van der Waals surface area contributed by atoms with E-state index in [2.05, 4.69) is 31.6 Å². The van der Waals surface area contributed by atoms with Crippen LogP contribution >= 0.6 is 34.4 Å².